The number of aliphatic carboxylic acids is 1. The van der Waals surface area contributed by atoms with Crippen molar-refractivity contribution in [3.8, 4) is 0 Å². The highest BCUT2D eigenvalue weighted by Crippen LogP contribution is 2.34. The number of carboxylic acids is 1. The third-order valence-electron chi connectivity index (χ3n) is 6.86. The number of hydrogen-bond donors (Lipinski definition) is 10. The van der Waals surface area contributed by atoms with Crippen LogP contribution in [-0.2, 0) is 23.8 Å². The van der Waals surface area contributed by atoms with Crippen LogP contribution in [0.5, 0.6) is 0 Å². The zero-order valence-corrected chi connectivity index (χ0v) is 23.2. The molecule has 2 fully saturated rings. The molecule has 0 unspecified atom stereocenters. The predicted molar refractivity (Wildman–Crippen MR) is 139 cm³/mol. The number of urea groups is 1. The Morgan fingerprint density at radius 1 is 1.20 bits per heavy atom. The van der Waals surface area contributed by atoms with Crippen molar-refractivity contribution in [3.05, 3.63) is 12.2 Å². The second kappa shape index (κ2) is 15.3. The number of hydrogen-bond acceptors (Lipinski definition) is 13. The van der Waals surface area contributed by atoms with Crippen molar-refractivity contribution in [2.75, 3.05) is 6.54 Å². The summed E-state index contributed by atoms with van der Waals surface area (Å²) in [5.74, 6) is -4.32. The first-order chi connectivity index (χ1) is 19.1. The minimum atomic E-state index is -1.97. The summed E-state index contributed by atoms with van der Waals surface area (Å²) in [4.78, 5) is 35.2. The highest BCUT2D eigenvalue weighted by molar-refractivity contribution is 5.89. The monoisotopic (exact) mass is 593 g/mol. The van der Waals surface area contributed by atoms with Crippen molar-refractivity contribution in [2.24, 2.45) is 5.73 Å². The molecule has 0 radical (unpaired) electrons. The van der Waals surface area contributed by atoms with Crippen LogP contribution in [0.2, 0.25) is 0 Å². The number of Topliss-reactive ketones (excluding diaryl/α,β-unsaturated/α-hetero) is 1. The van der Waals surface area contributed by atoms with Crippen LogP contribution in [0.25, 0.3) is 0 Å². The number of aliphatic hydroxyl groups excluding tert-OH is 5. The van der Waals surface area contributed by atoms with Gasteiger partial charge in [0.2, 0.25) is 0 Å². The van der Waals surface area contributed by atoms with Gasteiger partial charge in [-0.15, -0.1) is 0 Å². The average molecular weight is 594 g/mol. The normalized spacial score (nSPS) is 36.3. The zero-order valence-electron chi connectivity index (χ0n) is 23.2. The Balaban J connectivity index is 2.19. The summed E-state index contributed by atoms with van der Waals surface area (Å²) in [6.45, 7) is 4.06. The van der Waals surface area contributed by atoms with Gasteiger partial charge in [-0.2, -0.15) is 0 Å². The molecule has 12 atom stereocenters. The maximum Gasteiger partial charge on any atom is 0.332 e. The lowest BCUT2D eigenvalue weighted by molar-refractivity contribution is -0.302. The molecular weight excluding hydrogens is 550 g/mol. The standard InChI is InChI=1S/C25H43N3O13/c1-4-5-14(40-23-21(34)18(26)20(33)12(3)39-23)7-17-19(16(32)9-25(38,41-17)8-11(2)29)28-24(37)27-10-13(30)6-15(31)22(35)36/h4-5,11-12,14-21,23,29,31-34,38H,6-10,26H2,1-3H3,(H,35,36)(H2,27,28,37)/b5-4+/t11-,12+,14-,15+,16-,17-,18-,19+,20+,21-,23-,25+/m0/s1. The van der Waals surface area contributed by atoms with Crippen LogP contribution in [0.3, 0.4) is 0 Å². The Morgan fingerprint density at radius 2 is 1.85 bits per heavy atom. The van der Waals surface area contributed by atoms with Crippen molar-refractivity contribution in [1.82, 2.24) is 10.6 Å². The molecule has 0 bridgehead atoms. The topological polar surface area (TPSA) is 271 Å². The molecule has 2 rings (SSSR count). The van der Waals surface area contributed by atoms with E-state index in [1.807, 2.05) is 0 Å². The van der Waals surface area contributed by atoms with Gasteiger partial charge in [-0.25, -0.2) is 9.59 Å². The average Bonchev–Trinajstić information content (AvgIpc) is 2.86. The quantitative estimate of drug-likeness (QED) is 0.0943. The number of ether oxygens (including phenoxy) is 3. The minimum absolute atomic E-state index is 0.114. The molecule has 16 heteroatoms. The fraction of sp³-hybridized carbons (Fsp3) is 0.800. The lowest BCUT2D eigenvalue weighted by atomic mass is 9.88. The molecule has 0 aliphatic carbocycles. The van der Waals surface area contributed by atoms with Crippen molar-refractivity contribution >= 4 is 17.8 Å². The minimum Gasteiger partial charge on any atom is -0.479 e. The summed E-state index contributed by atoms with van der Waals surface area (Å²) in [5.41, 5.74) is 5.89. The maximum atomic E-state index is 12.6. The highest BCUT2D eigenvalue weighted by atomic mass is 16.7. The first kappa shape index (κ1) is 34.9. The molecule has 2 aliphatic heterocycles. The number of nitrogens with two attached hydrogens (primary N) is 1. The van der Waals surface area contributed by atoms with Crippen LogP contribution in [0, 0.1) is 0 Å². The van der Waals surface area contributed by atoms with Crippen LogP contribution >= 0.6 is 0 Å². The number of rotatable bonds is 13. The van der Waals surface area contributed by atoms with Gasteiger partial charge in [0.15, 0.2) is 24.0 Å². The molecule has 0 aromatic carbocycles. The van der Waals surface area contributed by atoms with Gasteiger partial charge in [0.25, 0.3) is 0 Å². The molecule has 2 saturated heterocycles. The first-order valence-corrected chi connectivity index (χ1v) is 13.4. The van der Waals surface area contributed by atoms with Crippen LogP contribution in [0.15, 0.2) is 12.2 Å². The Morgan fingerprint density at radius 3 is 2.44 bits per heavy atom. The summed E-state index contributed by atoms with van der Waals surface area (Å²) in [6.07, 6.45) is -9.15. The van der Waals surface area contributed by atoms with Gasteiger partial charge in [0, 0.05) is 25.7 Å². The second-order valence-corrected chi connectivity index (χ2v) is 10.6. The van der Waals surface area contributed by atoms with Crippen molar-refractivity contribution in [1.29, 1.82) is 0 Å². The van der Waals surface area contributed by atoms with Crippen molar-refractivity contribution in [3.63, 3.8) is 0 Å². The summed E-state index contributed by atoms with van der Waals surface area (Å²) in [7, 11) is 0. The number of aliphatic hydroxyl groups is 6. The maximum absolute atomic E-state index is 12.6. The molecule has 0 aromatic rings. The van der Waals surface area contributed by atoms with Crippen molar-refractivity contribution < 1.29 is 64.3 Å². The number of amides is 2. The Bertz CT molecular complexity index is 921. The van der Waals surface area contributed by atoms with Gasteiger partial charge in [0.05, 0.1) is 55.3 Å². The third kappa shape index (κ3) is 10.2. The van der Waals surface area contributed by atoms with E-state index in [9.17, 15) is 45.0 Å². The van der Waals surface area contributed by atoms with Crippen LogP contribution in [0.4, 0.5) is 4.79 Å². The molecule has 16 nitrogen and oxygen atoms in total. The van der Waals surface area contributed by atoms with Gasteiger partial charge in [0.1, 0.15) is 6.10 Å². The predicted octanol–water partition coefficient (Wildman–Crippen LogP) is -3.19. The number of nitrogens with one attached hydrogen (secondary N) is 2. The molecule has 0 spiro atoms. The summed E-state index contributed by atoms with van der Waals surface area (Å²) >= 11 is 0. The van der Waals surface area contributed by atoms with Gasteiger partial charge in [-0.05, 0) is 20.8 Å². The summed E-state index contributed by atoms with van der Waals surface area (Å²) < 4.78 is 17.4. The smallest absolute Gasteiger partial charge is 0.332 e. The number of carbonyl (C=O) groups excluding carboxylic acids is 2. The lowest BCUT2D eigenvalue weighted by Gasteiger charge is -2.46. The largest absolute Gasteiger partial charge is 0.479 e. The van der Waals surface area contributed by atoms with Crippen LogP contribution in [-0.4, -0.2) is 133 Å². The van der Waals surface area contributed by atoms with E-state index in [2.05, 4.69) is 10.6 Å². The SMILES string of the molecule is C/C=C/[C@@H](C[C@@H]1O[C@](O)(C[C@H](C)O)C[C@H](O)[C@H]1NC(=O)NCC(=O)C[C@@H](O)C(=O)O)O[C@@H]1O[C@H](C)[C@@H](O)[C@H](N)[C@@H]1O. The van der Waals surface area contributed by atoms with Gasteiger partial charge in [-0.1, -0.05) is 12.2 Å². The number of allylic oxidation sites excluding steroid dienone is 1. The van der Waals surface area contributed by atoms with Crippen LogP contribution < -0.4 is 16.4 Å². The fourth-order valence-electron chi connectivity index (χ4n) is 4.81. The van der Waals surface area contributed by atoms with Gasteiger partial charge < -0.3 is 66.3 Å². The molecule has 0 saturated carbocycles. The molecule has 2 heterocycles. The number of carboxylic acid groups (broad SMARTS) is 1. The molecule has 0 aromatic heterocycles. The Hall–Kier alpha value is -2.25. The highest BCUT2D eigenvalue weighted by Gasteiger charge is 2.48. The van der Waals surface area contributed by atoms with E-state index in [1.165, 1.54) is 6.92 Å². The number of carbonyl (C=O) groups is 3. The fourth-order valence-corrected chi connectivity index (χ4v) is 4.81. The van der Waals surface area contributed by atoms with Crippen LogP contribution in [0.1, 0.15) is 46.5 Å². The zero-order chi connectivity index (χ0) is 31.1. The van der Waals surface area contributed by atoms with Gasteiger partial charge >= 0.3 is 12.0 Å². The van der Waals surface area contributed by atoms with E-state index in [0.29, 0.717) is 0 Å². The summed E-state index contributed by atoms with van der Waals surface area (Å²) in [5, 5.41) is 75.0. The molecule has 11 N–H and O–H groups in total. The Labute approximate surface area is 237 Å². The van der Waals surface area contributed by atoms with Gasteiger partial charge in [-0.3, -0.25) is 4.79 Å². The van der Waals surface area contributed by atoms with E-state index in [4.69, 9.17) is 25.1 Å². The van der Waals surface area contributed by atoms with E-state index >= 15 is 0 Å². The third-order valence-corrected chi connectivity index (χ3v) is 6.86. The molecule has 41 heavy (non-hydrogen) atoms. The van der Waals surface area contributed by atoms with E-state index in [0.717, 1.165) is 0 Å². The summed E-state index contributed by atoms with van der Waals surface area (Å²) in [6, 6.07) is -3.15. The first-order valence-electron chi connectivity index (χ1n) is 13.4. The second-order valence-electron chi connectivity index (χ2n) is 10.6. The molecule has 2 aliphatic rings. The molecule has 2 amide bonds. The van der Waals surface area contributed by atoms with Crippen molar-refractivity contribution in [2.45, 2.75) is 119 Å². The number of ketones is 1. The Kier molecular flexibility index (Phi) is 13.0. The van der Waals surface area contributed by atoms with E-state index in [1.54, 1.807) is 26.0 Å². The molecular formula is C25H43N3O13. The van der Waals surface area contributed by atoms with E-state index in [-0.39, 0.29) is 19.3 Å². The molecule has 236 valence electrons. The lowest BCUT2D eigenvalue weighted by Crippen LogP contribution is -2.64. The van der Waals surface area contributed by atoms with E-state index < -0.39 is 104 Å².